The van der Waals surface area contributed by atoms with Gasteiger partial charge in [-0.2, -0.15) is 0 Å². The number of benzene rings is 1. The number of cyclic esters (lactones) is 1. The first kappa shape index (κ1) is 71.8. The molecule has 0 saturated carbocycles. The van der Waals surface area contributed by atoms with E-state index >= 15 is 0 Å². The highest BCUT2D eigenvalue weighted by Gasteiger charge is 2.35. The Hall–Kier alpha value is -4.50. The van der Waals surface area contributed by atoms with E-state index in [9.17, 15) is 28.8 Å². The summed E-state index contributed by atoms with van der Waals surface area (Å²) in [6.07, 6.45) is 34.6. The van der Waals surface area contributed by atoms with Crippen LogP contribution in [0.15, 0.2) is 11.6 Å². The number of hydrogen-bond donors (Lipinski definition) is 0. The number of hydrogen-bond acceptors (Lipinski definition) is 15. The predicted octanol–water partition coefficient (Wildman–Crippen LogP) is 15.1. The summed E-state index contributed by atoms with van der Waals surface area (Å²) in [6, 6.07) is 0. The van der Waals surface area contributed by atoms with Gasteiger partial charge in [-0.3, -0.25) is 28.9 Å². The zero-order chi connectivity index (χ0) is 59.6. The third-order valence-electron chi connectivity index (χ3n) is 16.1. The maximum atomic E-state index is 13.9. The highest BCUT2D eigenvalue weighted by Crippen LogP contribution is 2.43. The van der Waals surface area contributed by atoms with Crippen LogP contribution in [0, 0.1) is 18.8 Å². The molecular formula is C67H111NO14. The van der Waals surface area contributed by atoms with E-state index in [1.54, 1.807) is 6.92 Å². The molecule has 0 spiro atoms. The summed E-state index contributed by atoms with van der Waals surface area (Å²) in [7, 11) is 1.53. The first-order chi connectivity index (χ1) is 39.8. The quantitative estimate of drug-likeness (QED) is 0.0198. The van der Waals surface area contributed by atoms with Crippen LogP contribution in [-0.4, -0.2) is 107 Å². The molecule has 0 aliphatic carbocycles. The van der Waals surface area contributed by atoms with Crippen LogP contribution < -0.4 is 9.47 Å². The third kappa shape index (κ3) is 31.4. The van der Waals surface area contributed by atoms with Gasteiger partial charge in [-0.15, -0.1) is 0 Å². The van der Waals surface area contributed by atoms with Crippen molar-refractivity contribution >= 4 is 35.8 Å². The maximum Gasteiger partial charge on any atom is 0.342 e. The van der Waals surface area contributed by atoms with Gasteiger partial charge in [-0.05, 0) is 63.9 Å². The molecule has 2 atom stereocenters. The molecule has 1 aromatic rings. The molecule has 3 rings (SSSR count). The standard InChI is InChI=1S/C67H111NO14/c1-8-10-12-14-16-18-20-22-24-26-28-30-32-34-59(69)78-49-56(50-79-60(70)35-33-31-29-27-25-23-21-19-17-15-13-11-9-2)81-62(72)48-53(4)36-39-54(5)66(73)82-65-57(64(75-7)55(6)58-51-80-67(74)63(58)65)40-37-52(3)38-41-61(71)77-47-44-68-42-45-76-46-43-68/h37,53-54,56H,8-36,38-51H2,1-7H3/b52-37+. The average Bonchev–Trinajstić information content (AvgIpc) is 2.61. The van der Waals surface area contributed by atoms with Crippen molar-refractivity contribution in [2.75, 3.05) is 59.8 Å². The molecule has 15 nitrogen and oxygen atoms in total. The van der Waals surface area contributed by atoms with Crippen molar-refractivity contribution in [3.05, 3.63) is 33.9 Å². The minimum absolute atomic E-state index is 0.0224. The summed E-state index contributed by atoms with van der Waals surface area (Å²) in [5, 5.41) is 0. The van der Waals surface area contributed by atoms with E-state index in [-0.39, 0.29) is 87.1 Å². The van der Waals surface area contributed by atoms with Crippen LogP contribution in [0.3, 0.4) is 0 Å². The monoisotopic (exact) mass is 1150 g/mol. The fourth-order valence-electron chi connectivity index (χ4n) is 10.7. The lowest BCUT2D eigenvalue weighted by Gasteiger charge is -2.26. The average molecular weight is 1150 g/mol. The highest BCUT2D eigenvalue weighted by atomic mass is 16.6. The SMILES string of the molecule is CCCCCCCCCCCCCCCC(=O)OCC(COC(=O)CCCCCCCCCCCCCCC)OC(=O)CC(C)CCC(C)C(=O)Oc1c(C/C=C(\C)CCC(=O)OCCN2CCOCC2)c(OC)c(C)c2c1C(=O)OC2. The summed E-state index contributed by atoms with van der Waals surface area (Å²) >= 11 is 0. The Labute approximate surface area is 495 Å². The molecule has 0 amide bonds. The van der Waals surface area contributed by atoms with Crippen LogP contribution in [0.5, 0.6) is 11.5 Å². The fraction of sp³-hybridized carbons (Fsp3) is 0.791. The van der Waals surface area contributed by atoms with Gasteiger partial charge in [0.05, 0.1) is 26.2 Å². The summed E-state index contributed by atoms with van der Waals surface area (Å²) in [4.78, 5) is 81.1. The van der Waals surface area contributed by atoms with Crippen molar-refractivity contribution in [2.24, 2.45) is 11.8 Å². The molecule has 0 aromatic heterocycles. The van der Waals surface area contributed by atoms with Crippen molar-refractivity contribution in [1.82, 2.24) is 4.90 Å². The number of ether oxygens (including phenoxy) is 8. The van der Waals surface area contributed by atoms with Gasteiger partial charge in [0, 0.05) is 56.4 Å². The van der Waals surface area contributed by atoms with Gasteiger partial charge in [0.15, 0.2) is 11.9 Å². The molecule has 2 heterocycles. The zero-order valence-electron chi connectivity index (χ0n) is 52.4. The van der Waals surface area contributed by atoms with Crippen LogP contribution >= 0.6 is 0 Å². The Bertz CT molecular complexity index is 1970. The second-order valence-electron chi connectivity index (χ2n) is 23.5. The highest BCUT2D eigenvalue weighted by molar-refractivity contribution is 5.99. The minimum Gasteiger partial charge on any atom is -0.496 e. The van der Waals surface area contributed by atoms with E-state index in [1.165, 1.54) is 123 Å². The number of allylic oxidation sites excluding steroid dienone is 2. The summed E-state index contributed by atoms with van der Waals surface area (Å²) < 4.78 is 45.4. The number of unbranched alkanes of at least 4 members (excludes halogenated alkanes) is 24. The largest absolute Gasteiger partial charge is 0.496 e. The molecule has 1 saturated heterocycles. The molecule has 0 radical (unpaired) electrons. The van der Waals surface area contributed by atoms with E-state index in [4.69, 9.17) is 37.9 Å². The van der Waals surface area contributed by atoms with Crippen molar-refractivity contribution in [2.45, 2.75) is 273 Å². The van der Waals surface area contributed by atoms with Crippen molar-refractivity contribution in [3.63, 3.8) is 0 Å². The molecule has 2 unspecified atom stereocenters. The summed E-state index contributed by atoms with van der Waals surface area (Å²) in [5.74, 6) is -2.92. The zero-order valence-corrected chi connectivity index (χ0v) is 52.4. The lowest BCUT2D eigenvalue weighted by molar-refractivity contribution is -0.167. The van der Waals surface area contributed by atoms with Crippen LogP contribution in [0.1, 0.15) is 274 Å². The summed E-state index contributed by atoms with van der Waals surface area (Å²) in [5.41, 5.74) is 2.95. The van der Waals surface area contributed by atoms with Crippen LogP contribution in [0.25, 0.3) is 0 Å². The van der Waals surface area contributed by atoms with Crippen molar-refractivity contribution in [3.8, 4) is 11.5 Å². The van der Waals surface area contributed by atoms with Gasteiger partial charge < -0.3 is 37.9 Å². The van der Waals surface area contributed by atoms with Gasteiger partial charge in [0.1, 0.15) is 37.7 Å². The number of esters is 6. The van der Waals surface area contributed by atoms with Crippen molar-refractivity contribution < 1.29 is 66.7 Å². The van der Waals surface area contributed by atoms with E-state index in [0.29, 0.717) is 62.5 Å². The van der Waals surface area contributed by atoms with Gasteiger partial charge in [0.2, 0.25) is 0 Å². The molecule has 2 aliphatic heterocycles. The Morgan fingerprint density at radius 1 is 0.610 bits per heavy atom. The number of carbonyl (C=O) groups excluding carboxylic acids is 6. The maximum absolute atomic E-state index is 13.9. The Morgan fingerprint density at radius 2 is 1.10 bits per heavy atom. The first-order valence-electron chi connectivity index (χ1n) is 32.5. The van der Waals surface area contributed by atoms with Gasteiger partial charge in [-0.1, -0.05) is 193 Å². The lowest BCUT2D eigenvalue weighted by Crippen LogP contribution is -2.38. The molecular weight excluding hydrogens is 1040 g/mol. The van der Waals surface area contributed by atoms with Crippen LogP contribution in [0.2, 0.25) is 0 Å². The number of fused-ring (bicyclic) bond motifs is 1. The molecule has 0 N–H and O–H groups in total. The third-order valence-corrected chi connectivity index (χ3v) is 16.1. The Morgan fingerprint density at radius 3 is 1.60 bits per heavy atom. The number of carbonyl (C=O) groups is 6. The number of morpholine rings is 1. The number of methoxy groups -OCH3 is 1. The Balaban J connectivity index is 1.51. The smallest absolute Gasteiger partial charge is 0.342 e. The van der Waals surface area contributed by atoms with E-state index in [1.807, 2.05) is 26.8 Å². The lowest BCUT2D eigenvalue weighted by atomic mass is 9.94. The van der Waals surface area contributed by atoms with Crippen LogP contribution in [0.4, 0.5) is 0 Å². The van der Waals surface area contributed by atoms with Gasteiger partial charge >= 0.3 is 35.8 Å². The van der Waals surface area contributed by atoms with Crippen LogP contribution in [-0.2, 0) is 65.4 Å². The molecule has 82 heavy (non-hydrogen) atoms. The molecule has 0 bridgehead atoms. The number of nitrogens with zero attached hydrogens (tertiary/aromatic N) is 1. The molecule has 15 heteroatoms. The molecule has 1 aromatic carbocycles. The summed E-state index contributed by atoms with van der Waals surface area (Å²) in [6.45, 7) is 15.5. The first-order valence-corrected chi connectivity index (χ1v) is 32.5. The minimum atomic E-state index is -0.959. The van der Waals surface area contributed by atoms with E-state index in [0.717, 1.165) is 75.6 Å². The molecule has 468 valence electrons. The second-order valence-corrected chi connectivity index (χ2v) is 23.5. The molecule has 2 aliphatic rings. The van der Waals surface area contributed by atoms with Gasteiger partial charge in [0.25, 0.3) is 0 Å². The number of rotatable bonds is 49. The van der Waals surface area contributed by atoms with E-state index < -0.39 is 29.9 Å². The predicted molar refractivity (Wildman–Crippen MR) is 322 cm³/mol. The fourth-order valence-corrected chi connectivity index (χ4v) is 10.7. The molecule has 1 fully saturated rings. The second kappa shape index (κ2) is 44.9. The topological polar surface area (TPSA) is 179 Å². The van der Waals surface area contributed by atoms with Crippen molar-refractivity contribution in [1.29, 1.82) is 0 Å². The van der Waals surface area contributed by atoms with E-state index in [2.05, 4.69) is 18.7 Å². The normalized spacial score (nSPS) is 14.3. The van der Waals surface area contributed by atoms with Gasteiger partial charge in [-0.25, -0.2) is 4.79 Å². The Kier molecular flexibility index (Phi) is 39.3.